The van der Waals surface area contributed by atoms with Crippen LogP contribution in [0.5, 0.6) is 0 Å². The van der Waals surface area contributed by atoms with Crippen LogP contribution in [0.3, 0.4) is 0 Å². The molecule has 0 atom stereocenters. The second kappa shape index (κ2) is 27.8. The van der Waals surface area contributed by atoms with Gasteiger partial charge < -0.3 is 14.3 Å². The number of hydrogen-bond acceptors (Lipinski definition) is 5. The van der Waals surface area contributed by atoms with Crippen LogP contribution >= 0.6 is 0 Å². The van der Waals surface area contributed by atoms with Crippen molar-refractivity contribution in [2.75, 3.05) is 6.61 Å². The molecule has 7 heteroatoms. The maximum absolute atomic E-state index is 10.9. The molecule has 0 aromatic carbocycles. The molecule has 0 amide bonds. The summed E-state index contributed by atoms with van der Waals surface area (Å²) in [5.74, 6) is -0.756. The predicted octanol–water partition coefficient (Wildman–Crippen LogP) is 4.56. The van der Waals surface area contributed by atoms with E-state index in [1.54, 1.807) is 0 Å². The standard InChI is InChI=1S/C9H18O2.C6H14O2Si.C6H12O2/c1-3-5-6-7-9(10)11-8-4-2;1-2-3-4-5-6(7)8-9;1-2-3-4-5-6(7)8/h3-8H2,1-2H3;2-5H2,1,9H3;2-5H2,1H3,(H,7,8). The topological polar surface area (TPSA) is 89.9 Å². The summed E-state index contributed by atoms with van der Waals surface area (Å²) in [5.41, 5.74) is 0. The maximum Gasteiger partial charge on any atom is 0.305 e. The number of carbonyl (C=O) groups excluding carboxylic acids is 2. The van der Waals surface area contributed by atoms with Crippen LogP contribution in [0.2, 0.25) is 0 Å². The Morgan fingerprint density at radius 2 is 1.11 bits per heavy atom. The van der Waals surface area contributed by atoms with Crippen molar-refractivity contribution in [1.82, 2.24) is 0 Å². The quantitative estimate of drug-likeness (QED) is 0.252. The van der Waals surface area contributed by atoms with Crippen molar-refractivity contribution in [3.63, 3.8) is 0 Å². The molecule has 0 aromatic heterocycles. The zero-order valence-corrected chi connectivity index (χ0v) is 20.9. The van der Waals surface area contributed by atoms with E-state index in [1.165, 1.54) is 0 Å². The van der Waals surface area contributed by atoms with Crippen LogP contribution in [-0.4, -0.2) is 40.1 Å². The molecule has 0 aliphatic carbocycles. The zero-order chi connectivity index (χ0) is 22.0. The molecule has 28 heavy (non-hydrogen) atoms. The van der Waals surface area contributed by atoms with E-state index in [1.807, 2.05) is 6.92 Å². The number of carbonyl (C=O) groups is 3. The lowest BCUT2D eigenvalue weighted by Gasteiger charge is -2.01. The van der Waals surface area contributed by atoms with Crippen LogP contribution < -0.4 is 0 Å². The minimum Gasteiger partial charge on any atom is -0.529 e. The molecule has 0 spiro atoms. The number of ether oxygens (including phenoxy) is 1. The van der Waals surface area contributed by atoms with E-state index in [0.717, 1.165) is 64.2 Å². The Balaban J connectivity index is -0.000000340. The Morgan fingerprint density at radius 3 is 1.46 bits per heavy atom. The van der Waals surface area contributed by atoms with Gasteiger partial charge in [-0.2, -0.15) is 0 Å². The maximum atomic E-state index is 10.9. The molecule has 0 saturated heterocycles. The third-order valence-electron chi connectivity index (χ3n) is 3.66. The van der Waals surface area contributed by atoms with E-state index in [0.29, 0.717) is 36.4 Å². The fraction of sp³-hybridized carbons (Fsp3) is 0.857. The van der Waals surface area contributed by atoms with Crippen molar-refractivity contribution in [1.29, 1.82) is 0 Å². The fourth-order valence-electron chi connectivity index (χ4n) is 1.96. The second-order valence-corrected chi connectivity index (χ2v) is 6.97. The Labute approximate surface area is 175 Å². The molecule has 168 valence electrons. The molecule has 0 heterocycles. The summed E-state index contributed by atoms with van der Waals surface area (Å²) < 4.78 is 9.50. The van der Waals surface area contributed by atoms with E-state index in [9.17, 15) is 14.4 Å². The third-order valence-corrected chi connectivity index (χ3v) is 4.11. The molecule has 6 nitrogen and oxygen atoms in total. The van der Waals surface area contributed by atoms with Gasteiger partial charge in [-0.05, 0) is 25.7 Å². The van der Waals surface area contributed by atoms with Crippen molar-refractivity contribution in [2.24, 2.45) is 0 Å². The first-order valence-corrected chi connectivity index (χ1v) is 11.6. The molecule has 0 rings (SSSR count). The molecule has 0 bridgehead atoms. The molecule has 0 unspecified atom stereocenters. The van der Waals surface area contributed by atoms with Gasteiger partial charge in [-0.15, -0.1) is 0 Å². The summed E-state index contributed by atoms with van der Waals surface area (Å²) in [7, 11) is 0.542. The molecule has 1 N–H and O–H groups in total. The number of hydrogen-bond donors (Lipinski definition) is 1. The molecule has 0 aliphatic heterocycles. The first kappa shape index (κ1) is 31.3. The van der Waals surface area contributed by atoms with Crippen LogP contribution in [-0.2, 0) is 23.5 Å². The van der Waals surface area contributed by atoms with Gasteiger partial charge in [-0.1, -0.05) is 66.2 Å². The van der Waals surface area contributed by atoms with Gasteiger partial charge in [0.05, 0.1) is 6.61 Å². The van der Waals surface area contributed by atoms with Gasteiger partial charge in [0.1, 0.15) is 0 Å². The highest BCUT2D eigenvalue weighted by atomic mass is 28.2. The van der Waals surface area contributed by atoms with Gasteiger partial charge >= 0.3 is 11.9 Å². The molecular weight excluding hydrogens is 376 g/mol. The lowest BCUT2D eigenvalue weighted by atomic mass is 10.2. The van der Waals surface area contributed by atoms with Gasteiger partial charge in [-0.3, -0.25) is 14.4 Å². The van der Waals surface area contributed by atoms with Crippen molar-refractivity contribution in [3.05, 3.63) is 0 Å². The summed E-state index contributed by atoms with van der Waals surface area (Å²) in [5, 5.41) is 8.14. The number of carboxylic acids is 1. The third kappa shape index (κ3) is 35.7. The van der Waals surface area contributed by atoms with Crippen molar-refractivity contribution in [3.8, 4) is 0 Å². The Bertz CT molecular complexity index is 361. The monoisotopic (exact) mass is 420 g/mol. The number of esters is 1. The summed E-state index contributed by atoms with van der Waals surface area (Å²) in [4.78, 5) is 31.2. The van der Waals surface area contributed by atoms with E-state index < -0.39 is 5.97 Å². The summed E-state index contributed by atoms with van der Waals surface area (Å²) in [6.07, 6.45) is 11.9. The van der Waals surface area contributed by atoms with Crippen molar-refractivity contribution in [2.45, 2.75) is 111 Å². The Hall–Kier alpha value is -1.37. The highest BCUT2D eigenvalue weighted by Gasteiger charge is 1.99. The van der Waals surface area contributed by atoms with Crippen LogP contribution in [0.4, 0.5) is 0 Å². The van der Waals surface area contributed by atoms with Crippen LogP contribution in [0, 0.1) is 0 Å². The Kier molecular flexibility index (Phi) is 31.1. The van der Waals surface area contributed by atoms with Crippen LogP contribution in [0.25, 0.3) is 0 Å². The lowest BCUT2D eigenvalue weighted by Crippen LogP contribution is -2.04. The number of aliphatic carboxylic acids is 1. The molecule has 0 aromatic rings. The normalized spacial score (nSPS) is 9.43. The number of carboxylic acid groups (broad SMARTS) is 1. The van der Waals surface area contributed by atoms with Gasteiger partial charge in [0.25, 0.3) is 5.97 Å². The zero-order valence-electron chi connectivity index (χ0n) is 18.9. The summed E-state index contributed by atoms with van der Waals surface area (Å²) >= 11 is 0. The lowest BCUT2D eigenvalue weighted by molar-refractivity contribution is -0.144. The molecule has 0 radical (unpaired) electrons. The van der Waals surface area contributed by atoms with Gasteiger partial charge in [0.2, 0.25) is 10.5 Å². The van der Waals surface area contributed by atoms with E-state index >= 15 is 0 Å². The molecule has 0 aliphatic rings. The summed E-state index contributed by atoms with van der Waals surface area (Å²) in [6, 6.07) is 0. The average molecular weight is 421 g/mol. The van der Waals surface area contributed by atoms with Gasteiger partial charge in [-0.25, -0.2) is 0 Å². The summed E-state index contributed by atoms with van der Waals surface area (Å²) in [6.45, 7) is 8.87. The number of unbranched alkanes of at least 4 members (excludes halogenated alkanes) is 6. The first-order chi connectivity index (χ1) is 13.4. The fourth-order valence-corrected chi connectivity index (χ4v) is 2.16. The second-order valence-electron chi connectivity index (χ2n) is 6.56. The molecular formula is C21H44O6Si. The van der Waals surface area contributed by atoms with Gasteiger partial charge in [0.15, 0.2) is 0 Å². The van der Waals surface area contributed by atoms with Crippen molar-refractivity contribution >= 4 is 28.4 Å². The van der Waals surface area contributed by atoms with E-state index in [-0.39, 0.29) is 11.9 Å². The molecule has 0 fully saturated rings. The minimum absolute atomic E-state index is 0.0323. The molecule has 0 saturated carbocycles. The highest BCUT2D eigenvalue weighted by molar-refractivity contribution is 6.05. The first-order valence-electron chi connectivity index (χ1n) is 10.8. The van der Waals surface area contributed by atoms with Crippen LogP contribution in [0.1, 0.15) is 111 Å². The SMILES string of the molecule is CCCCCC(=O)O.CCCCCC(=O)OCCC.CCCCCC(=O)O[SiH3]. The van der Waals surface area contributed by atoms with E-state index in [2.05, 4.69) is 25.2 Å². The minimum atomic E-state index is -0.682. The smallest absolute Gasteiger partial charge is 0.305 e. The van der Waals surface area contributed by atoms with Crippen molar-refractivity contribution < 1.29 is 28.7 Å². The van der Waals surface area contributed by atoms with E-state index in [4.69, 9.17) is 9.84 Å². The van der Waals surface area contributed by atoms with Crippen LogP contribution in [0.15, 0.2) is 0 Å². The van der Waals surface area contributed by atoms with Gasteiger partial charge in [0, 0.05) is 19.3 Å². The average Bonchev–Trinajstić information content (AvgIpc) is 2.67. The predicted molar refractivity (Wildman–Crippen MR) is 117 cm³/mol. The largest absolute Gasteiger partial charge is 0.529 e. The number of rotatable bonds is 14. The highest BCUT2D eigenvalue weighted by Crippen LogP contribution is 2.00. The Morgan fingerprint density at radius 1 is 0.679 bits per heavy atom.